The lowest BCUT2D eigenvalue weighted by molar-refractivity contribution is 0.103. The summed E-state index contributed by atoms with van der Waals surface area (Å²) in [6.45, 7) is 2.08. The second-order valence-electron chi connectivity index (χ2n) is 5.14. The van der Waals surface area contributed by atoms with Crippen molar-refractivity contribution in [1.82, 2.24) is 0 Å². The number of thiophene rings is 1. The Morgan fingerprint density at radius 1 is 1.27 bits per heavy atom. The molecule has 0 radical (unpaired) electrons. The number of anilines is 2. The number of carbonyl (C=O) groups excluding carboxylic acids is 1. The van der Waals surface area contributed by atoms with Crippen molar-refractivity contribution in [1.29, 1.82) is 0 Å². The maximum absolute atomic E-state index is 12.2. The molecule has 1 aromatic heterocycles. The standard InChI is InChI=1S/C16H17ClN2O2S/c1-21-15-7-6-14(22-15)16(20)18-11-4-5-13(12(17)10-11)19-8-2-3-9-19/h4-7,10H,2-3,8-9H2,1H3,(H,18,20). The number of hydrogen-bond donors (Lipinski definition) is 1. The first-order valence-electron chi connectivity index (χ1n) is 7.17. The van der Waals surface area contributed by atoms with Crippen LogP contribution in [-0.4, -0.2) is 26.1 Å². The Balaban J connectivity index is 1.72. The summed E-state index contributed by atoms with van der Waals surface area (Å²) in [5.41, 5.74) is 1.74. The van der Waals surface area contributed by atoms with Crippen LogP contribution in [0.1, 0.15) is 22.5 Å². The molecule has 4 nitrogen and oxygen atoms in total. The van der Waals surface area contributed by atoms with Gasteiger partial charge in [-0.2, -0.15) is 0 Å². The third kappa shape index (κ3) is 3.20. The van der Waals surface area contributed by atoms with Crippen LogP contribution in [0.5, 0.6) is 5.06 Å². The van der Waals surface area contributed by atoms with E-state index in [9.17, 15) is 4.79 Å². The van der Waals surface area contributed by atoms with E-state index in [1.54, 1.807) is 25.3 Å². The summed E-state index contributed by atoms with van der Waals surface area (Å²) in [4.78, 5) is 15.1. The SMILES string of the molecule is COc1ccc(C(=O)Nc2ccc(N3CCCC3)c(Cl)c2)s1. The molecule has 0 bridgehead atoms. The third-order valence-corrected chi connectivity index (χ3v) is 5.01. The predicted molar refractivity (Wildman–Crippen MR) is 91.7 cm³/mol. The molecule has 1 N–H and O–H groups in total. The van der Waals surface area contributed by atoms with Gasteiger partial charge in [-0.15, -0.1) is 0 Å². The average molecular weight is 337 g/mol. The summed E-state index contributed by atoms with van der Waals surface area (Å²) in [6.07, 6.45) is 2.41. The van der Waals surface area contributed by atoms with Crippen LogP contribution in [-0.2, 0) is 0 Å². The number of nitrogens with zero attached hydrogens (tertiary/aromatic N) is 1. The van der Waals surface area contributed by atoms with Gasteiger partial charge < -0.3 is 15.0 Å². The van der Waals surface area contributed by atoms with Gasteiger partial charge in [0.15, 0.2) is 5.06 Å². The van der Waals surface area contributed by atoms with E-state index in [0.717, 1.165) is 18.8 Å². The molecule has 0 spiro atoms. The lowest BCUT2D eigenvalue weighted by Gasteiger charge is -2.19. The van der Waals surface area contributed by atoms with Gasteiger partial charge in [0.05, 0.1) is 22.7 Å². The Morgan fingerprint density at radius 2 is 2.05 bits per heavy atom. The molecule has 2 heterocycles. The van der Waals surface area contributed by atoms with Crippen molar-refractivity contribution >= 4 is 40.2 Å². The van der Waals surface area contributed by atoms with Crippen molar-refractivity contribution in [2.24, 2.45) is 0 Å². The van der Waals surface area contributed by atoms with E-state index in [-0.39, 0.29) is 5.91 Å². The van der Waals surface area contributed by atoms with Gasteiger partial charge in [-0.25, -0.2) is 0 Å². The molecule has 0 saturated carbocycles. The number of methoxy groups -OCH3 is 1. The highest BCUT2D eigenvalue weighted by atomic mass is 35.5. The van der Waals surface area contributed by atoms with Crippen molar-refractivity contribution in [3.63, 3.8) is 0 Å². The van der Waals surface area contributed by atoms with E-state index in [1.807, 2.05) is 12.1 Å². The molecular formula is C16H17ClN2O2S. The summed E-state index contributed by atoms with van der Waals surface area (Å²) in [7, 11) is 1.59. The van der Waals surface area contributed by atoms with E-state index in [4.69, 9.17) is 16.3 Å². The first-order chi connectivity index (χ1) is 10.7. The zero-order chi connectivity index (χ0) is 15.5. The van der Waals surface area contributed by atoms with E-state index < -0.39 is 0 Å². The van der Waals surface area contributed by atoms with Crippen LogP contribution in [0.4, 0.5) is 11.4 Å². The lowest BCUT2D eigenvalue weighted by atomic mass is 10.2. The Kier molecular flexibility index (Phi) is 4.55. The van der Waals surface area contributed by atoms with Crippen LogP contribution < -0.4 is 15.0 Å². The Morgan fingerprint density at radius 3 is 2.68 bits per heavy atom. The molecule has 1 amide bonds. The van der Waals surface area contributed by atoms with Crippen molar-refractivity contribution in [2.45, 2.75) is 12.8 Å². The number of carbonyl (C=O) groups is 1. The summed E-state index contributed by atoms with van der Waals surface area (Å²) < 4.78 is 5.10. The fourth-order valence-electron chi connectivity index (χ4n) is 2.54. The first kappa shape index (κ1) is 15.2. The molecular weight excluding hydrogens is 320 g/mol. The van der Waals surface area contributed by atoms with Crippen LogP contribution >= 0.6 is 22.9 Å². The van der Waals surface area contributed by atoms with Gasteiger partial charge in [0.1, 0.15) is 0 Å². The van der Waals surface area contributed by atoms with Crippen molar-refractivity contribution in [3.8, 4) is 5.06 Å². The van der Waals surface area contributed by atoms with Crippen LogP contribution in [0.2, 0.25) is 5.02 Å². The Hall–Kier alpha value is -1.72. The number of benzene rings is 1. The highest BCUT2D eigenvalue weighted by Gasteiger charge is 2.16. The second kappa shape index (κ2) is 6.58. The molecule has 1 aliphatic rings. The summed E-state index contributed by atoms with van der Waals surface area (Å²) in [5, 5.41) is 4.25. The first-order valence-corrected chi connectivity index (χ1v) is 8.36. The van der Waals surface area contributed by atoms with Crippen LogP contribution in [0, 0.1) is 0 Å². The van der Waals surface area contributed by atoms with Gasteiger partial charge in [0.2, 0.25) is 0 Å². The highest BCUT2D eigenvalue weighted by molar-refractivity contribution is 7.15. The monoisotopic (exact) mass is 336 g/mol. The minimum absolute atomic E-state index is 0.154. The van der Waals surface area contributed by atoms with E-state index in [1.165, 1.54) is 24.2 Å². The number of halogens is 1. The fraction of sp³-hybridized carbons (Fsp3) is 0.312. The minimum atomic E-state index is -0.154. The predicted octanol–water partition coefficient (Wildman–Crippen LogP) is 4.26. The van der Waals surface area contributed by atoms with E-state index in [2.05, 4.69) is 10.2 Å². The molecule has 0 atom stereocenters. The molecule has 22 heavy (non-hydrogen) atoms. The van der Waals surface area contributed by atoms with E-state index >= 15 is 0 Å². The van der Waals surface area contributed by atoms with Gasteiger partial charge >= 0.3 is 0 Å². The largest absolute Gasteiger partial charge is 0.487 e. The number of nitrogens with one attached hydrogen (secondary N) is 1. The molecule has 0 unspecified atom stereocenters. The molecule has 1 fully saturated rings. The minimum Gasteiger partial charge on any atom is -0.487 e. The molecule has 6 heteroatoms. The number of rotatable bonds is 4. The topological polar surface area (TPSA) is 41.6 Å². The van der Waals surface area contributed by atoms with Crippen LogP contribution in [0.15, 0.2) is 30.3 Å². The maximum atomic E-state index is 12.2. The molecule has 0 aliphatic carbocycles. The smallest absolute Gasteiger partial charge is 0.265 e. The van der Waals surface area contributed by atoms with Crippen molar-refractivity contribution in [2.75, 3.05) is 30.4 Å². The maximum Gasteiger partial charge on any atom is 0.265 e. The lowest BCUT2D eigenvalue weighted by Crippen LogP contribution is -2.18. The van der Waals surface area contributed by atoms with Crippen LogP contribution in [0.25, 0.3) is 0 Å². The number of ether oxygens (including phenoxy) is 1. The zero-order valence-corrected chi connectivity index (χ0v) is 13.8. The van der Waals surface area contributed by atoms with Gasteiger partial charge in [-0.05, 0) is 43.2 Å². The number of amides is 1. The van der Waals surface area contributed by atoms with Gasteiger partial charge in [-0.3, -0.25) is 4.79 Å². The quantitative estimate of drug-likeness (QED) is 0.906. The average Bonchev–Trinajstić information content (AvgIpc) is 3.19. The van der Waals surface area contributed by atoms with Crippen LogP contribution in [0.3, 0.4) is 0 Å². The summed E-state index contributed by atoms with van der Waals surface area (Å²) in [6, 6.07) is 9.20. The molecule has 2 aromatic rings. The molecule has 3 rings (SSSR count). The molecule has 1 saturated heterocycles. The van der Waals surface area contributed by atoms with Gasteiger partial charge in [-0.1, -0.05) is 22.9 Å². The van der Waals surface area contributed by atoms with Crippen molar-refractivity contribution < 1.29 is 9.53 Å². The fourth-order valence-corrected chi connectivity index (χ4v) is 3.56. The summed E-state index contributed by atoms with van der Waals surface area (Å²) >= 11 is 7.67. The molecule has 1 aliphatic heterocycles. The Bertz CT molecular complexity index is 681. The Labute approximate surface area is 138 Å². The summed E-state index contributed by atoms with van der Waals surface area (Å²) in [5.74, 6) is -0.154. The highest BCUT2D eigenvalue weighted by Crippen LogP contribution is 2.31. The van der Waals surface area contributed by atoms with E-state index in [0.29, 0.717) is 20.7 Å². The normalized spacial score (nSPS) is 14.2. The second-order valence-corrected chi connectivity index (χ2v) is 6.59. The third-order valence-electron chi connectivity index (χ3n) is 3.66. The number of hydrogen-bond acceptors (Lipinski definition) is 4. The van der Waals surface area contributed by atoms with Gasteiger partial charge in [0.25, 0.3) is 5.91 Å². The molecule has 1 aromatic carbocycles. The molecule has 116 valence electrons. The van der Waals surface area contributed by atoms with Crippen molar-refractivity contribution in [3.05, 3.63) is 40.2 Å². The zero-order valence-electron chi connectivity index (χ0n) is 12.3. The van der Waals surface area contributed by atoms with Gasteiger partial charge in [0, 0.05) is 18.8 Å².